The Morgan fingerprint density at radius 1 is 1.67 bits per heavy atom. The van der Waals surface area contributed by atoms with Crippen LogP contribution in [0.1, 0.15) is 32.6 Å². The lowest BCUT2D eigenvalue weighted by Crippen LogP contribution is -2.36. The number of hydrogen-bond acceptors (Lipinski definition) is 3. The predicted molar refractivity (Wildman–Crippen MR) is 46.6 cm³/mol. The third-order valence-corrected chi connectivity index (χ3v) is 2.46. The van der Waals surface area contributed by atoms with E-state index in [0.29, 0.717) is 18.9 Å². The number of ether oxygens (including phenoxy) is 1. The lowest BCUT2D eigenvalue weighted by Gasteiger charge is -2.30. The van der Waals surface area contributed by atoms with E-state index >= 15 is 0 Å². The zero-order chi connectivity index (χ0) is 8.97. The van der Waals surface area contributed by atoms with E-state index in [-0.39, 0.29) is 12.0 Å². The van der Waals surface area contributed by atoms with Crippen molar-refractivity contribution in [2.24, 2.45) is 11.7 Å². The highest BCUT2D eigenvalue weighted by Crippen LogP contribution is 2.29. The Balaban J connectivity index is 2.15. The first-order valence-corrected chi connectivity index (χ1v) is 4.65. The smallest absolute Gasteiger partial charge is 0.307 e. The van der Waals surface area contributed by atoms with Crippen LogP contribution in [0.15, 0.2) is 0 Å². The quantitative estimate of drug-likeness (QED) is 0.644. The van der Waals surface area contributed by atoms with Gasteiger partial charge in [0.15, 0.2) is 0 Å². The molecule has 1 rings (SSSR count). The molecule has 0 aromatic carbocycles. The first-order chi connectivity index (χ1) is 5.74. The minimum absolute atomic E-state index is 0.0257. The van der Waals surface area contributed by atoms with Crippen molar-refractivity contribution >= 4 is 5.97 Å². The van der Waals surface area contributed by atoms with Gasteiger partial charge < -0.3 is 10.5 Å². The Morgan fingerprint density at radius 3 is 2.75 bits per heavy atom. The Hall–Kier alpha value is -0.570. The summed E-state index contributed by atoms with van der Waals surface area (Å²) in [6, 6.07) is 0.0257. The second-order valence-corrected chi connectivity index (χ2v) is 3.36. The second kappa shape index (κ2) is 4.45. The molecule has 0 aromatic rings. The Kier molecular flexibility index (Phi) is 3.53. The standard InChI is InChI=1S/C9H17NO2/c1-2-12-9(11)6-8(10)7-4-3-5-7/h7-8H,2-6,10H2,1H3/t8-/m0/s1. The van der Waals surface area contributed by atoms with E-state index in [2.05, 4.69) is 0 Å². The normalized spacial score (nSPS) is 19.8. The van der Waals surface area contributed by atoms with E-state index in [1.165, 1.54) is 19.3 Å². The molecule has 3 heteroatoms. The van der Waals surface area contributed by atoms with Gasteiger partial charge in [-0.3, -0.25) is 4.79 Å². The van der Waals surface area contributed by atoms with Gasteiger partial charge in [0.1, 0.15) is 0 Å². The van der Waals surface area contributed by atoms with Gasteiger partial charge in [0.25, 0.3) is 0 Å². The van der Waals surface area contributed by atoms with Gasteiger partial charge in [-0.15, -0.1) is 0 Å². The molecular formula is C9H17NO2. The molecule has 0 aromatic heterocycles. The van der Waals surface area contributed by atoms with Crippen LogP contribution in [0.5, 0.6) is 0 Å². The number of hydrogen-bond donors (Lipinski definition) is 1. The van der Waals surface area contributed by atoms with Crippen LogP contribution < -0.4 is 5.73 Å². The molecule has 0 amide bonds. The molecule has 1 atom stereocenters. The fraction of sp³-hybridized carbons (Fsp3) is 0.889. The molecule has 0 aliphatic heterocycles. The van der Waals surface area contributed by atoms with Gasteiger partial charge in [0.05, 0.1) is 13.0 Å². The van der Waals surface area contributed by atoms with Gasteiger partial charge in [-0.25, -0.2) is 0 Å². The zero-order valence-corrected chi connectivity index (χ0v) is 7.58. The van der Waals surface area contributed by atoms with Crippen molar-refractivity contribution < 1.29 is 9.53 Å². The molecule has 0 saturated heterocycles. The van der Waals surface area contributed by atoms with E-state index in [1.807, 2.05) is 6.92 Å². The molecule has 3 nitrogen and oxygen atoms in total. The van der Waals surface area contributed by atoms with Crippen LogP contribution in [0.4, 0.5) is 0 Å². The molecular weight excluding hydrogens is 154 g/mol. The fourth-order valence-electron chi connectivity index (χ4n) is 1.45. The van der Waals surface area contributed by atoms with Gasteiger partial charge >= 0.3 is 5.97 Å². The highest BCUT2D eigenvalue weighted by Gasteiger charge is 2.26. The summed E-state index contributed by atoms with van der Waals surface area (Å²) in [7, 11) is 0. The summed E-state index contributed by atoms with van der Waals surface area (Å²) in [6.07, 6.45) is 4.01. The van der Waals surface area contributed by atoms with Gasteiger partial charge in [0, 0.05) is 6.04 Å². The third-order valence-electron chi connectivity index (χ3n) is 2.46. The van der Waals surface area contributed by atoms with Crippen LogP contribution in [0.3, 0.4) is 0 Å². The van der Waals surface area contributed by atoms with Crippen molar-refractivity contribution in [3.63, 3.8) is 0 Å². The van der Waals surface area contributed by atoms with Gasteiger partial charge in [-0.1, -0.05) is 6.42 Å². The SMILES string of the molecule is CCOC(=O)C[C@H](N)C1CCC1. The van der Waals surface area contributed by atoms with Crippen molar-refractivity contribution in [1.29, 1.82) is 0 Å². The topological polar surface area (TPSA) is 52.3 Å². The van der Waals surface area contributed by atoms with E-state index in [9.17, 15) is 4.79 Å². The molecule has 1 aliphatic rings. The molecule has 0 spiro atoms. The van der Waals surface area contributed by atoms with Gasteiger partial charge in [-0.2, -0.15) is 0 Å². The average Bonchev–Trinajstić information content (AvgIpc) is 1.82. The van der Waals surface area contributed by atoms with Crippen LogP contribution in [0.2, 0.25) is 0 Å². The Labute approximate surface area is 73.3 Å². The van der Waals surface area contributed by atoms with Crippen LogP contribution in [-0.2, 0) is 9.53 Å². The molecule has 12 heavy (non-hydrogen) atoms. The number of esters is 1. The van der Waals surface area contributed by atoms with Crippen LogP contribution >= 0.6 is 0 Å². The molecule has 2 N–H and O–H groups in total. The molecule has 0 bridgehead atoms. The Bertz CT molecular complexity index is 155. The van der Waals surface area contributed by atoms with E-state index in [0.717, 1.165) is 0 Å². The summed E-state index contributed by atoms with van der Waals surface area (Å²) in [6.45, 7) is 2.27. The molecule has 0 unspecified atom stereocenters. The van der Waals surface area contributed by atoms with Gasteiger partial charge in [0.2, 0.25) is 0 Å². The van der Waals surface area contributed by atoms with Crippen molar-refractivity contribution in [3.8, 4) is 0 Å². The van der Waals surface area contributed by atoms with Gasteiger partial charge in [-0.05, 0) is 25.7 Å². The van der Waals surface area contributed by atoms with Crippen LogP contribution in [-0.4, -0.2) is 18.6 Å². The lowest BCUT2D eigenvalue weighted by molar-refractivity contribution is -0.143. The third kappa shape index (κ3) is 2.48. The molecule has 1 aliphatic carbocycles. The monoisotopic (exact) mass is 171 g/mol. The van der Waals surface area contributed by atoms with Crippen molar-refractivity contribution in [2.75, 3.05) is 6.61 Å². The van der Waals surface area contributed by atoms with E-state index in [4.69, 9.17) is 10.5 Å². The highest BCUT2D eigenvalue weighted by molar-refractivity contribution is 5.70. The first kappa shape index (κ1) is 9.52. The fourth-order valence-corrected chi connectivity index (χ4v) is 1.45. The molecule has 0 heterocycles. The summed E-state index contributed by atoms with van der Waals surface area (Å²) in [5.74, 6) is 0.409. The Morgan fingerprint density at radius 2 is 2.33 bits per heavy atom. The summed E-state index contributed by atoms with van der Waals surface area (Å²) < 4.78 is 4.81. The first-order valence-electron chi connectivity index (χ1n) is 4.65. The summed E-state index contributed by atoms with van der Waals surface area (Å²) >= 11 is 0. The molecule has 1 fully saturated rings. The summed E-state index contributed by atoms with van der Waals surface area (Å²) in [4.78, 5) is 11.0. The maximum atomic E-state index is 11.0. The minimum Gasteiger partial charge on any atom is -0.466 e. The molecule has 0 radical (unpaired) electrons. The number of nitrogens with two attached hydrogens (primary N) is 1. The van der Waals surface area contributed by atoms with E-state index < -0.39 is 0 Å². The molecule has 70 valence electrons. The summed E-state index contributed by atoms with van der Waals surface area (Å²) in [5.41, 5.74) is 5.81. The van der Waals surface area contributed by atoms with Crippen molar-refractivity contribution in [3.05, 3.63) is 0 Å². The van der Waals surface area contributed by atoms with Crippen molar-refractivity contribution in [2.45, 2.75) is 38.6 Å². The summed E-state index contributed by atoms with van der Waals surface area (Å²) in [5, 5.41) is 0. The average molecular weight is 171 g/mol. The minimum atomic E-state index is -0.156. The van der Waals surface area contributed by atoms with E-state index in [1.54, 1.807) is 0 Å². The zero-order valence-electron chi connectivity index (χ0n) is 7.58. The highest BCUT2D eigenvalue weighted by atomic mass is 16.5. The predicted octanol–water partition coefficient (Wildman–Crippen LogP) is 1.07. The maximum Gasteiger partial charge on any atom is 0.307 e. The number of carbonyl (C=O) groups excluding carboxylic acids is 1. The second-order valence-electron chi connectivity index (χ2n) is 3.36. The number of rotatable bonds is 4. The maximum absolute atomic E-state index is 11.0. The largest absolute Gasteiger partial charge is 0.466 e. The van der Waals surface area contributed by atoms with Crippen LogP contribution in [0.25, 0.3) is 0 Å². The number of carbonyl (C=O) groups is 1. The lowest BCUT2D eigenvalue weighted by atomic mass is 9.79. The molecule has 1 saturated carbocycles. The van der Waals surface area contributed by atoms with Crippen molar-refractivity contribution in [1.82, 2.24) is 0 Å². The van der Waals surface area contributed by atoms with Crippen LogP contribution in [0, 0.1) is 5.92 Å².